The van der Waals surface area contributed by atoms with Crippen molar-refractivity contribution >= 4 is 24.0 Å². The summed E-state index contributed by atoms with van der Waals surface area (Å²) >= 11 is 0. The molecule has 28 heavy (non-hydrogen) atoms. The molecule has 0 bridgehead atoms. The molecule has 0 atom stereocenters. The third kappa shape index (κ3) is 3.50. The predicted octanol–water partition coefficient (Wildman–Crippen LogP) is 4.20. The number of nitrogens with one attached hydrogen (secondary N) is 1. The molecule has 0 saturated heterocycles. The van der Waals surface area contributed by atoms with Gasteiger partial charge in [-0.1, -0.05) is 29.4 Å². The van der Waals surface area contributed by atoms with E-state index >= 15 is 0 Å². The number of nitrogens with two attached hydrogens (primary N) is 1. The molecule has 0 spiro atoms. The quantitative estimate of drug-likeness (QED) is 0.682. The molecule has 1 aromatic heterocycles. The summed E-state index contributed by atoms with van der Waals surface area (Å²) < 4.78 is 19.3. The zero-order valence-electron chi connectivity index (χ0n) is 15.2. The Labute approximate surface area is 167 Å². The van der Waals surface area contributed by atoms with Gasteiger partial charge >= 0.3 is 0 Å². The van der Waals surface area contributed by atoms with E-state index < -0.39 is 17.3 Å². The first-order valence-electron chi connectivity index (χ1n) is 8.77. The van der Waals surface area contributed by atoms with Gasteiger partial charge in [-0.25, -0.2) is 4.39 Å². The van der Waals surface area contributed by atoms with Crippen molar-refractivity contribution in [2.24, 2.45) is 5.73 Å². The number of anilines is 1. The molecule has 3 N–H and O–H groups in total. The smallest absolute Gasteiger partial charge is 0.260 e. The summed E-state index contributed by atoms with van der Waals surface area (Å²) in [6.45, 7) is 1.84. The van der Waals surface area contributed by atoms with Crippen LogP contribution in [0.15, 0.2) is 47.0 Å². The van der Waals surface area contributed by atoms with Gasteiger partial charge in [-0.05, 0) is 49.9 Å². The van der Waals surface area contributed by atoms with E-state index in [2.05, 4.69) is 15.5 Å². The Morgan fingerprint density at radius 2 is 1.96 bits per heavy atom. The number of halogens is 2. The Bertz CT molecular complexity index is 1020. The average Bonchev–Trinajstić information content (AvgIpc) is 3.12. The Balaban J connectivity index is 0.00000225. The van der Waals surface area contributed by atoms with E-state index in [0.717, 1.165) is 24.8 Å². The maximum atomic E-state index is 13.9. The molecule has 0 unspecified atom stereocenters. The molecular formula is C20H20ClFN4O2. The molecule has 1 aliphatic rings. The van der Waals surface area contributed by atoms with Crippen LogP contribution in [0.2, 0.25) is 0 Å². The van der Waals surface area contributed by atoms with E-state index in [1.807, 2.05) is 19.1 Å². The normalized spacial score (nSPS) is 14.7. The molecule has 146 valence electrons. The van der Waals surface area contributed by atoms with Gasteiger partial charge in [0.1, 0.15) is 5.82 Å². The summed E-state index contributed by atoms with van der Waals surface area (Å²) in [5, 5.41) is 6.80. The molecule has 0 aliphatic heterocycles. The Kier molecular flexibility index (Phi) is 5.49. The van der Waals surface area contributed by atoms with Crippen molar-refractivity contribution in [1.82, 2.24) is 10.1 Å². The van der Waals surface area contributed by atoms with Crippen molar-refractivity contribution in [1.29, 1.82) is 0 Å². The van der Waals surface area contributed by atoms with E-state index in [9.17, 15) is 9.18 Å². The van der Waals surface area contributed by atoms with E-state index in [1.165, 1.54) is 18.2 Å². The second kappa shape index (κ2) is 7.69. The highest BCUT2D eigenvalue weighted by atomic mass is 35.5. The first-order valence-corrected chi connectivity index (χ1v) is 8.77. The summed E-state index contributed by atoms with van der Waals surface area (Å²) in [6.07, 6.45) is 2.67. The number of nitrogens with zero attached hydrogens (tertiary/aromatic N) is 2. The summed E-state index contributed by atoms with van der Waals surface area (Å²) in [5.74, 6) is -0.385. The number of aryl methyl sites for hydroxylation is 1. The minimum absolute atomic E-state index is 0. The van der Waals surface area contributed by atoms with Crippen LogP contribution < -0.4 is 11.1 Å². The summed E-state index contributed by atoms with van der Waals surface area (Å²) in [6, 6.07) is 11.3. The van der Waals surface area contributed by atoms with Crippen molar-refractivity contribution in [3.63, 3.8) is 0 Å². The molecule has 0 radical (unpaired) electrons. The predicted molar refractivity (Wildman–Crippen MR) is 106 cm³/mol. The minimum Gasteiger partial charge on any atom is -0.334 e. The largest absolute Gasteiger partial charge is 0.334 e. The molecule has 1 aliphatic carbocycles. The maximum Gasteiger partial charge on any atom is 0.260 e. The topological polar surface area (TPSA) is 94.0 Å². The maximum absolute atomic E-state index is 13.9. The zero-order valence-corrected chi connectivity index (χ0v) is 16.1. The monoisotopic (exact) mass is 402 g/mol. The lowest BCUT2D eigenvalue weighted by atomic mass is 9.77. The molecule has 6 nitrogen and oxygen atoms in total. The molecule has 2 aromatic carbocycles. The molecular weight excluding hydrogens is 383 g/mol. The lowest BCUT2D eigenvalue weighted by molar-refractivity contribution is 0.102. The van der Waals surface area contributed by atoms with E-state index in [4.69, 9.17) is 10.3 Å². The summed E-state index contributed by atoms with van der Waals surface area (Å²) in [5.41, 5.74) is 7.55. The second-order valence-corrected chi connectivity index (χ2v) is 6.86. The van der Waals surface area contributed by atoms with Crippen molar-refractivity contribution in [2.75, 3.05) is 5.32 Å². The summed E-state index contributed by atoms with van der Waals surface area (Å²) in [7, 11) is 0. The molecule has 3 aromatic rings. The Hall–Kier alpha value is -2.77. The van der Waals surface area contributed by atoms with Gasteiger partial charge in [-0.3, -0.25) is 4.79 Å². The van der Waals surface area contributed by atoms with Gasteiger partial charge in [-0.2, -0.15) is 4.98 Å². The number of aromatic nitrogens is 2. The van der Waals surface area contributed by atoms with Crippen LogP contribution in [0.3, 0.4) is 0 Å². The van der Waals surface area contributed by atoms with Crippen LogP contribution in [0.4, 0.5) is 10.1 Å². The number of benzene rings is 2. The highest BCUT2D eigenvalue weighted by Gasteiger charge is 2.39. The van der Waals surface area contributed by atoms with E-state index in [0.29, 0.717) is 17.1 Å². The first-order chi connectivity index (χ1) is 13.0. The standard InChI is InChI=1S/C20H19FN4O2.ClH/c1-12-6-4-8-14(18-24-19(25-27-18)20(22)10-5-11-20)16(12)23-17(26)13-7-2-3-9-15(13)21;/h2-4,6-9H,5,10-11,22H2,1H3,(H,23,26);1H. The van der Waals surface area contributed by atoms with E-state index in [-0.39, 0.29) is 23.9 Å². The fraction of sp³-hybridized carbons (Fsp3) is 0.250. The number of hydrogen-bond donors (Lipinski definition) is 2. The first kappa shape index (κ1) is 20.0. The highest BCUT2D eigenvalue weighted by molar-refractivity contribution is 6.06. The van der Waals surface area contributed by atoms with Crippen LogP contribution in [0.25, 0.3) is 11.5 Å². The van der Waals surface area contributed by atoms with Crippen molar-refractivity contribution in [2.45, 2.75) is 31.7 Å². The van der Waals surface area contributed by atoms with Gasteiger partial charge < -0.3 is 15.6 Å². The fourth-order valence-electron chi connectivity index (χ4n) is 3.15. The molecule has 4 rings (SSSR count). The van der Waals surface area contributed by atoms with Crippen LogP contribution >= 0.6 is 12.4 Å². The third-order valence-corrected chi connectivity index (χ3v) is 4.98. The molecule has 1 heterocycles. The van der Waals surface area contributed by atoms with Crippen LogP contribution in [0.5, 0.6) is 0 Å². The van der Waals surface area contributed by atoms with Gasteiger partial charge in [0, 0.05) is 0 Å². The van der Waals surface area contributed by atoms with Crippen LogP contribution in [0, 0.1) is 12.7 Å². The van der Waals surface area contributed by atoms with Crippen molar-refractivity contribution in [3.05, 3.63) is 65.2 Å². The Morgan fingerprint density at radius 3 is 2.64 bits per heavy atom. The van der Waals surface area contributed by atoms with Gasteiger partial charge in [0.2, 0.25) is 0 Å². The van der Waals surface area contributed by atoms with Crippen molar-refractivity contribution < 1.29 is 13.7 Å². The number of carbonyl (C=O) groups excluding carboxylic acids is 1. The van der Waals surface area contributed by atoms with Gasteiger partial charge in [-0.15, -0.1) is 12.4 Å². The number of amides is 1. The Morgan fingerprint density at radius 1 is 1.21 bits per heavy atom. The SMILES string of the molecule is Cc1cccc(-c2nc(C3(N)CCC3)no2)c1NC(=O)c1ccccc1F.Cl. The number of para-hydroxylation sites is 1. The molecule has 1 amide bonds. The van der Waals surface area contributed by atoms with Crippen molar-refractivity contribution in [3.8, 4) is 11.5 Å². The van der Waals surface area contributed by atoms with Gasteiger partial charge in [0.05, 0.1) is 22.4 Å². The fourth-order valence-corrected chi connectivity index (χ4v) is 3.15. The number of rotatable bonds is 4. The molecule has 8 heteroatoms. The lowest BCUT2D eigenvalue weighted by Crippen LogP contribution is -2.44. The van der Waals surface area contributed by atoms with Gasteiger partial charge in [0.25, 0.3) is 11.8 Å². The van der Waals surface area contributed by atoms with Crippen LogP contribution in [-0.4, -0.2) is 16.0 Å². The molecule has 1 saturated carbocycles. The summed E-state index contributed by atoms with van der Waals surface area (Å²) in [4.78, 5) is 17.0. The second-order valence-electron chi connectivity index (χ2n) is 6.86. The third-order valence-electron chi connectivity index (χ3n) is 4.98. The molecule has 1 fully saturated rings. The van der Waals surface area contributed by atoms with Crippen LogP contribution in [-0.2, 0) is 5.54 Å². The number of hydrogen-bond acceptors (Lipinski definition) is 5. The highest BCUT2D eigenvalue weighted by Crippen LogP contribution is 2.38. The zero-order chi connectivity index (χ0) is 19.0. The van der Waals surface area contributed by atoms with Gasteiger partial charge in [0.15, 0.2) is 5.82 Å². The number of carbonyl (C=O) groups is 1. The lowest BCUT2D eigenvalue weighted by Gasteiger charge is -2.34. The van der Waals surface area contributed by atoms with Crippen LogP contribution in [0.1, 0.15) is 41.0 Å². The minimum atomic E-state index is -0.583. The average molecular weight is 403 g/mol. The van der Waals surface area contributed by atoms with E-state index in [1.54, 1.807) is 12.1 Å².